The third-order valence-corrected chi connectivity index (χ3v) is 3.46. The number of benzene rings is 2. The minimum Gasteiger partial charge on any atom is -0.492 e. The highest BCUT2D eigenvalue weighted by Crippen LogP contribution is 2.40. The van der Waals surface area contributed by atoms with Gasteiger partial charge in [0.2, 0.25) is 6.79 Å². The molecule has 0 atom stereocenters. The number of fused-ring (bicyclic) bond motifs is 1. The maximum absolute atomic E-state index is 13.3. The van der Waals surface area contributed by atoms with Crippen LogP contribution in [0.15, 0.2) is 30.3 Å². The van der Waals surface area contributed by atoms with E-state index >= 15 is 0 Å². The van der Waals surface area contributed by atoms with Gasteiger partial charge in [0.05, 0.1) is 17.3 Å². The zero-order valence-electron chi connectivity index (χ0n) is 12.2. The molecule has 0 bridgehead atoms. The van der Waals surface area contributed by atoms with Crippen molar-refractivity contribution >= 4 is 23.2 Å². The summed E-state index contributed by atoms with van der Waals surface area (Å²) >= 11 is 6.06. The van der Waals surface area contributed by atoms with Gasteiger partial charge in [-0.25, -0.2) is 4.39 Å². The van der Waals surface area contributed by atoms with Gasteiger partial charge in [0, 0.05) is 11.6 Å². The van der Waals surface area contributed by atoms with Gasteiger partial charge < -0.3 is 19.5 Å². The van der Waals surface area contributed by atoms with E-state index in [-0.39, 0.29) is 17.6 Å². The Labute approximate surface area is 136 Å². The molecule has 0 saturated carbocycles. The lowest BCUT2D eigenvalue weighted by Crippen LogP contribution is -2.13. The van der Waals surface area contributed by atoms with E-state index in [1.807, 2.05) is 0 Å². The predicted octanol–water partition coefficient (Wildman–Crippen LogP) is 3.86. The van der Waals surface area contributed by atoms with Crippen LogP contribution < -0.4 is 19.5 Å². The van der Waals surface area contributed by atoms with E-state index in [2.05, 4.69) is 5.32 Å². The molecule has 0 fully saturated rings. The maximum atomic E-state index is 13.3. The summed E-state index contributed by atoms with van der Waals surface area (Å²) in [7, 11) is 0. The summed E-state index contributed by atoms with van der Waals surface area (Å²) in [6.45, 7) is 2.18. The minimum absolute atomic E-state index is 0.0621. The Balaban J connectivity index is 1.86. The summed E-state index contributed by atoms with van der Waals surface area (Å²) < 4.78 is 29.1. The van der Waals surface area contributed by atoms with Gasteiger partial charge in [-0.2, -0.15) is 0 Å². The van der Waals surface area contributed by atoms with Gasteiger partial charge in [-0.15, -0.1) is 0 Å². The average Bonchev–Trinajstić information content (AvgIpc) is 2.99. The van der Waals surface area contributed by atoms with Crippen LogP contribution in [-0.2, 0) is 0 Å². The number of nitrogens with one attached hydrogen (secondary N) is 1. The summed E-state index contributed by atoms with van der Waals surface area (Å²) in [5.74, 6) is 0.217. The SMILES string of the molecule is CCOc1cc(F)ccc1NC(=O)c1cc(Cl)c2c(c1)OCO2. The van der Waals surface area contributed by atoms with Crippen molar-refractivity contribution in [2.24, 2.45) is 0 Å². The van der Waals surface area contributed by atoms with E-state index in [0.29, 0.717) is 29.4 Å². The molecule has 5 nitrogen and oxygen atoms in total. The van der Waals surface area contributed by atoms with Gasteiger partial charge in [-0.3, -0.25) is 4.79 Å². The Kier molecular flexibility index (Phi) is 4.25. The number of halogens is 2. The molecule has 1 aliphatic rings. The van der Waals surface area contributed by atoms with Gasteiger partial charge in [0.25, 0.3) is 5.91 Å². The Bertz CT molecular complexity index is 766. The Morgan fingerprint density at radius 3 is 2.96 bits per heavy atom. The number of carbonyl (C=O) groups is 1. The smallest absolute Gasteiger partial charge is 0.255 e. The third-order valence-electron chi connectivity index (χ3n) is 3.18. The van der Waals surface area contributed by atoms with Gasteiger partial charge in [-0.1, -0.05) is 11.6 Å². The highest BCUT2D eigenvalue weighted by Gasteiger charge is 2.21. The number of hydrogen-bond acceptors (Lipinski definition) is 4. The Hall–Kier alpha value is -2.47. The van der Waals surface area contributed by atoms with Crippen molar-refractivity contribution in [2.45, 2.75) is 6.92 Å². The van der Waals surface area contributed by atoms with Crippen LogP contribution in [-0.4, -0.2) is 19.3 Å². The van der Waals surface area contributed by atoms with Crippen LogP contribution in [0, 0.1) is 5.82 Å². The molecular weight excluding hydrogens is 325 g/mol. The molecule has 0 aliphatic carbocycles. The van der Waals surface area contributed by atoms with E-state index in [0.717, 1.165) is 0 Å². The molecule has 1 N–H and O–H groups in total. The normalized spacial score (nSPS) is 12.1. The molecule has 1 heterocycles. The molecule has 3 rings (SSSR count). The van der Waals surface area contributed by atoms with Crippen molar-refractivity contribution in [3.05, 3.63) is 46.7 Å². The first-order chi connectivity index (χ1) is 11.1. The summed E-state index contributed by atoms with van der Waals surface area (Å²) in [5.41, 5.74) is 0.665. The van der Waals surface area contributed by atoms with Crippen molar-refractivity contribution in [3.63, 3.8) is 0 Å². The second-order valence-corrected chi connectivity index (χ2v) is 5.13. The number of anilines is 1. The first-order valence-corrected chi connectivity index (χ1v) is 7.29. The number of amides is 1. The first kappa shape index (κ1) is 15.4. The molecule has 0 spiro atoms. The van der Waals surface area contributed by atoms with Crippen molar-refractivity contribution in [3.8, 4) is 17.2 Å². The standard InChI is InChI=1S/C16H13ClFNO4/c1-2-21-13-7-10(18)3-4-12(13)19-16(20)9-5-11(17)15-14(6-9)22-8-23-15/h3-7H,2,8H2,1H3,(H,19,20). The molecular formula is C16H13ClFNO4. The van der Waals surface area contributed by atoms with E-state index in [4.69, 9.17) is 25.8 Å². The summed E-state index contributed by atoms with van der Waals surface area (Å²) in [5, 5.41) is 2.96. The highest BCUT2D eigenvalue weighted by atomic mass is 35.5. The number of carbonyl (C=O) groups excluding carboxylic acids is 1. The van der Waals surface area contributed by atoms with Crippen molar-refractivity contribution in [1.29, 1.82) is 0 Å². The van der Waals surface area contributed by atoms with E-state index in [1.165, 1.54) is 30.3 Å². The van der Waals surface area contributed by atoms with Gasteiger partial charge in [0.15, 0.2) is 11.5 Å². The van der Waals surface area contributed by atoms with Gasteiger partial charge in [-0.05, 0) is 31.2 Å². The van der Waals surface area contributed by atoms with Crippen molar-refractivity contribution in [1.82, 2.24) is 0 Å². The van der Waals surface area contributed by atoms with Crippen molar-refractivity contribution < 1.29 is 23.4 Å². The third kappa shape index (κ3) is 3.17. The molecule has 1 aliphatic heterocycles. The molecule has 2 aromatic rings. The number of hydrogen-bond donors (Lipinski definition) is 1. The fraction of sp³-hybridized carbons (Fsp3) is 0.188. The Morgan fingerprint density at radius 2 is 2.17 bits per heavy atom. The minimum atomic E-state index is -0.447. The van der Waals surface area contributed by atoms with Gasteiger partial charge in [0.1, 0.15) is 11.6 Å². The molecule has 2 aromatic carbocycles. The second kappa shape index (κ2) is 6.34. The Morgan fingerprint density at radius 1 is 1.35 bits per heavy atom. The maximum Gasteiger partial charge on any atom is 0.255 e. The highest BCUT2D eigenvalue weighted by molar-refractivity contribution is 6.32. The zero-order valence-corrected chi connectivity index (χ0v) is 12.9. The average molecular weight is 338 g/mol. The molecule has 7 heteroatoms. The summed E-state index contributed by atoms with van der Waals surface area (Å²) in [4.78, 5) is 12.4. The number of rotatable bonds is 4. The van der Waals surface area contributed by atoms with Crippen LogP contribution in [0.3, 0.4) is 0 Å². The van der Waals surface area contributed by atoms with Crippen LogP contribution >= 0.6 is 11.6 Å². The molecule has 120 valence electrons. The lowest BCUT2D eigenvalue weighted by molar-refractivity contribution is 0.102. The fourth-order valence-electron chi connectivity index (χ4n) is 2.17. The van der Waals surface area contributed by atoms with Crippen LogP contribution in [0.2, 0.25) is 5.02 Å². The van der Waals surface area contributed by atoms with Crippen LogP contribution in [0.25, 0.3) is 0 Å². The second-order valence-electron chi connectivity index (χ2n) is 4.72. The van der Waals surface area contributed by atoms with Crippen LogP contribution in [0.5, 0.6) is 17.2 Å². The molecule has 0 radical (unpaired) electrons. The summed E-state index contributed by atoms with van der Waals surface area (Å²) in [6, 6.07) is 6.91. The lowest BCUT2D eigenvalue weighted by Gasteiger charge is -2.12. The number of ether oxygens (including phenoxy) is 3. The van der Waals surface area contributed by atoms with E-state index in [9.17, 15) is 9.18 Å². The molecule has 23 heavy (non-hydrogen) atoms. The van der Waals surface area contributed by atoms with E-state index in [1.54, 1.807) is 6.92 Å². The van der Waals surface area contributed by atoms with Crippen LogP contribution in [0.1, 0.15) is 17.3 Å². The molecule has 0 aromatic heterocycles. The largest absolute Gasteiger partial charge is 0.492 e. The molecule has 1 amide bonds. The topological polar surface area (TPSA) is 56.8 Å². The monoisotopic (exact) mass is 337 g/mol. The van der Waals surface area contributed by atoms with E-state index < -0.39 is 11.7 Å². The fourth-order valence-corrected chi connectivity index (χ4v) is 2.43. The van der Waals surface area contributed by atoms with Gasteiger partial charge >= 0.3 is 0 Å². The van der Waals surface area contributed by atoms with Crippen molar-refractivity contribution in [2.75, 3.05) is 18.7 Å². The predicted molar refractivity (Wildman–Crippen MR) is 83.1 cm³/mol. The van der Waals surface area contributed by atoms with Crippen LogP contribution in [0.4, 0.5) is 10.1 Å². The first-order valence-electron chi connectivity index (χ1n) is 6.91. The quantitative estimate of drug-likeness (QED) is 0.920. The summed E-state index contributed by atoms with van der Waals surface area (Å²) in [6.07, 6.45) is 0. The lowest BCUT2D eigenvalue weighted by atomic mass is 10.1. The molecule has 0 unspecified atom stereocenters. The molecule has 0 saturated heterocycles. The zero-order chi connectivity index (χ0) is 16.4.